The van der Waals surface area contributed by atoms with E-state index in [1.165, 1.54) is 0 Å². The van der Waals surface area contributed by atoms with Gasteiger partial charge < -0.3 is 5.73 Å². The van der Waals surface area contributed by atoms with E-state index in [4.69, 9.17) is 12.2 Å². The summed E-state index contributed by atoms with van der Waals surface area (Å²) in [5.41, 5.74) is 5.77. The average Bonchev–Trinajstić information content (AvgIpc) is 2.36. The summed E-state index contributed by atoms with van der Waals surface area (Å²) < 4.78 is 0. The van der Waals surface area contributed by atoms with Crippen LogP contribution in [-0.2, 0) is 0 Å². The Morgan fingerprint density at radius 2 is 2.55 bits per heavy atom. The van der Waals surface area contributed by atoms with Gasteiger partial charge >= 0.3 is 0 Å². The number of hydrogen-bond donors (Lipinski definition) is 1. The molecule has 2 heteroatoms. The summed E-state index contributed by atoms with van der Waals surface area (Å²) in [7, 11) is 0. The lowest BCUT2D eigenvalue weighted by atomic mass is 10.2. The normalized spacial score (nSPS) is 28.3. The van der Waals surface area contributed by atoms with Crippen molar-refractivity contribution in [2.45, 2.75) is 31.8 Å². The number of likely N-dealkylation sites (tertiary alicyclic amines) is 1. The van der Waals surface area contributed by atoms with Gasteiger partial charge in [-0.1, -0.05) is 0 Å². The monoisotopic (exact) mass is 152 g/mol. The third-order valence-electron chi connectivity index (χ3n) is 2.29. The molecule has 0 aliphatic carbocycles. The maximum absolute atomic E-state index is 5.77. The van der Waals surface area contributed by atoms with Gasteiger partial charge in [0, 0.05) is 31.6 Å². The van der Waals surface area contributed by atoms with Crippen molar-refractivity contribution in [2.75, 3.05) is 13.1 Å². The fraction of sp³-hybridized carbons (Fsp3) is 0.778. The molecule has 0 radical (unpaired) electrons. The van der Waals surface area contributed by atoms with Gasteiger partial charge in [0.2, 0.25) is 0 Å². The molecule has 0 bridgehead atoms. The molecule has 1 fully saturated rings. The van der Waals surface area contributed by atoms with Crippen molar-refractivity contribution in [1.29, 1.82) is 0 Å². The van der Waals surface area contributed by atoms with Gasteiger partial charge in [-0.2, -0.15) is 0 Å². The summed E-state index contributed by atoms with van der Waals surface area (Å²) in [5, 5.41) is 0. The van der Waals surface area contributed by atoms with Crippen LogP contribution in [0.15, 0.2) is 0 Å². The molecular weight excluding hydrogens is 136 g/mol. The fourth-order valence-electron chi connectivity index (χ4n) is 1.52. The van der Waals surface area contributed by atoms with Crippen LogP contribution in [0.3, 0.4) is 0 Å². The van der Waals surface area contributed by atoms with Crippen LogP contribution in [0.25, 0.3) is 0 Å². The lowest BCUT2D eigenvalue weighted by Crippen LogP contribution is -2.33. The molecule has 1 saturated heterocycles. The molecule has 2 unspecified atom stereocenters. The van der Waals surface area contributed by atoms with Crippen molar-refractivity contribution in [1.82, 2.24) is 4.90 Å². The molecule has 0 aromatic carbocycles. The van der Waals surface area contributed by atoms with Gasteiger partial charge in [-0.25, -0.2) is 0 Å². The van der Waals surface area contributed by atoms with Gasteiger partial charge in [0.25, 0.3) is 0 Å². The first kappa shape index (κ1) is 8.58. The van der Waals surface area contributed by atoms with Crippen molar-refractivity contribution in [3.8, 4) is 12.3 Å². The zero-order valence-corrected chi connectivity index (χ0v) is 7.09. The molecule has 0 saturated carbocycles. The molecule has 2 N–H and O–H groups in total. The zero-order chi connectivity index (χ0) is 8.27. The molecule has 1 rings (SSSR count). The highest BCUT2D eigenvalue weighted by atomic mass is 15.2. The Bertz CT molecular complexity index is 159. The van der Waals surface area contributed by atoms with Crippen LogP contribution in [0.1, 0.15) is 19.8 Å². The highest BCUT2D eigenvalue weighted by molar-refractivity contribution is 4.91. The maximum atomic E-state index is 5.77. The standard InChI is InChI=1S/C9H16N2/c1-3-4-8(2)11-6-5-9(10)7-11/h1,8-9H,4-7,10H2,2H3. The van der Waals surface area contributed by atoms with Crippen LogP contribution in [-0.4, -0.2) is 30.1 Å². The van der Waals surface area contributed by atoms with E-state index in [0.29, 0.717) is 12.1 Å². The summed E-state index contributed by atoms with van der Waals surface area (Å²) in [6.07, 6.45) is 7.18. The molecule has 0 aromatic rings. The molecule has 62 valence electrons. The Morgan fingerprint density at radius 3 is 3.00 bits per heavy atom. The van der Waals surface area contributed by atoms with Crippen molar-refractivity contribution < 1.29 is 0 Å². The predicted molar refractivity (Wildman–Crippen MR) is 47.1 cm³/mol. The molecule has 2 nitrogen and oxygen atoms in total. The summed E-state index contributed by atoms with van der Waals surface area (Å²) in [6, 6.07) is 0.878. The number of hydrogen-bond acceptors (Lipinski definition) is 2. The van der Waals surface area contributed by atoms with Gasteiger partial charge in [0.15, 0.2) is 0 Å². The second-order valence-corrected chi connectivity index (χ2v) is 3.30. The van der Waals surface area contributed by atoms with E-state index in [1.54, 1.807) is 0 Å². The highest BCUT2D eigenvalue weighted by Gasteiger charge is 2.22. The van der Waals surface area contributed by atoms with E-state index < -0.39 is 0 Å². The van der Waals surface area contributed by atoms with Crippen molar-refractivity contribution in [3.05, 3.63) is 0 Å². The minimum absolute atomic E-state index is 0.371. The third kappa shape index (κ3) is 2.21. The van der Waals surface area contributed by atoms with Gasteiger partial charge in [-0.15, -0.1) is 12.3 Å². The van der Waals surface area contributed by atoms with E-state index in [2.05, 4.69) is 17.7 Å². The van der Waals surface area contributed by atoms with Crippen LogP contribution in [0.5, 0.6) is 0 Å². The van der Waals surface area contributed by atoms with Crippen molar-refractivity contribution >= 4 is 0 Å². The molecular formula is C9H16N2. The van der Waals surface area contributed by atoms with E-state index in [0.717, 1.165) is 25.9 Å². The van der Waals surface area contributed by atoms with Gasteiger partial charge in [-0.3, -0.25) is 4.90 Å². The third-order valence-corrected chi connectivity index (χ3v) is 2.29. The summed E-state index contributed by atoms with van der Waals surface area (Å²) in [5.74, 6) is 2.68. The Hall–Kier alpha value is -0.520. The summed E-state index contributed by atoms with van der Waals surface area (Å²) >= 11 is 0. The average molecular weight is 152 g/mol. The summed E-state index contributed by atoms with van der Waals surface area (Å²) in [4.78, 5) is 2.37. The Morgan fingerprint density at radius 1 is 1.82 bits per heavy atom. The molecule has 0 aromatic heterocycles. The highest BCUT2D eigenvalue weighted by Crippen LogP contribution is 2.12. The van der Waals surface area contributed by atoms with E-state index >= 15 is 0 Å². The first-order chi connectivity index (χ1) is 5.24. The fourth-order valence-corrected chi connectivity index (χ4v) is 1.52. The van der Waals surface area contributed by atoms with Gasteiger partial charge in [-0.05, 0) is 13.3 Å². The van der Waals surface area contributed by atoms with E-state index in [1.807, 2.05) is 0 Å². The van der Waals surface area contributed by atoms with Crippen LogP contribution in [0, 0.1) is 12.3 Å². The first-order valence-electron chi connectivity index (χ1n) is 4.17. The number of terminal acetylenes is 1. The minimum Gasteiger partial charge on any atom is -0.326 e. The van der Waals surface area contributed by atoms with E-state index in [-0.39, 0.29) is 0 Å². The first-order valence-corrected chi connectivity index (χ1v) is 4.17. The minimum atomic E-state index is 0.371. The molecule has 1 heterocycles. The topological polar surface area (TPSA) is 29.3 Å². The summed E-state index contributed by atoms with van der Waals surface area (Å²) in [6.45, 7) is 4.30. The smallest absolute Gasteiger partial charge is 0.0240 e. The van der Waals surface area contributed by atoms with Crippen molar-refractivity contribution in [2.24, 2.45) is 5.73 Å². The lowest BCUT2D eigenvalue weighted by molar-refractivity contribution is 0.259. The second kappa shape index (κ2) is 3.75. The maximum Gasteiger partial charge on any atom is 0.0240 e. The Kier molecular flexibility index (Phi) is 2.92. The molecule has 11 heavy (non-hydrogen) atoms. The predicted octanol–water partition coefficient (Wildman–Crippen LogP) is 0.431. The van der Waals surface area contributed by atoms with Gasteiger partial charge in [0.1, 0.15) is 0 Å². The second-order valence-electron chi connectivity index (χ2n) is 3.30. The SMILES string of the molecule is C#CCC(C)N1CCC(N)C1. The quantitative estimate of drug-likeness (QED) is 0.581. The van der Waals surface area contributed by atoms with E-state index in [9.17, 15) is 0 Å². The molecule has 0 spiro atoms. The molecule has 1 aliphatic heterocycles. The van der Waals surface area contributed by atoms with Crippen LogP contribution < -0.4 is 5.73 Å². The number of nitrogens with two attached hydrogens (primary N) is 1. The van der Waals surface area contributed by atoms with Crippen LogP contribution in [0.4, 0.5) is 0 Å². The van der Waals surface area contributed by atoms with Crippen molar-refractivity contribution in [3.63, 3.8) is 0 Å². The molecule has 2 atom stereocenters. The lowest BCUT2D eigenvalue weighted by Gasteiger charge is -2.21. The Balaban J connectivity index is 2.32. The van der Waals surface area contributed by atoms with Gasteiger partial charge in [0.05, 0.1) is 0 Å². The molecule has 0 amide bonds. The zero-order valence-electron chi connectivity index (χ0n) is 7.09. The van der Waals surface area contributed by atoms with Crippen LogP contribution >= 0.6 is 0 Å². The number of rotatable bonds is 2. The molecule has 1 aliphatic rings. The Labute approximate surface area is 68.8 Å². The number of nitrogens with zero attached hydrogens (tertiary/aromatic N) is 1. The van der Waals surface area contributed by atoms with Crippen LogP contribution in [0.2, 0.25) is 0 Å². The largest absolute Gasteiger partial charge is 0.326 e.